The first-order valence-electron chi connectivity index (χ1n) is 7.19. The predicted molar refractivity (Wildman–Crippen MR) is 101 cm³/mol. The zero-order valence-corrected chi connectivity index (χ0v) is 15.5. The van der Waals surface area contributed by atoms with Gasteiger partial charge in [0, 0.05) is 19.5 Å². The summed E-state index contributed by atoms with van der Waals surface area (Å²) in [6.07, 6.45) is 3.02. The van der Waals surface area contributed by atoms with E-state index < -0.39 is 16.6 Å². The van der Waals surface area contributed by atoms with Gasteiger partial charge in [-0.15, -0.1) is 6.58 Å². The van der Waals surface area contributed by atoms with Crippen LogP contribution in [-0.4, -0.2) is 39.7 Å². The lowest BCUT2D eigenvalue weighted by Crippen LogP contribution is -2.27. The first-order chi connectivity index (χ1) is 12.3. The first-order valence-corrected chi connectivity index (χ1v) is 8.42. The number of hydrogen-bond donors (Lipinski definition) is 0. The standard InChI is InChI=1S/C16H14N2O6S2/c1-4-5-17-15(20)13(26-16(17)25)8-10-6-11(18(21)22)14(24-9(2)19)12(7-10)23-3/h4,6-8H,1,5H2,2-3H3. The van der Waals surface area contributed by atoms with Crippen molar-refractivity contribution in [1.29, 1.82) is 0 Å². The highest BCUT2D eigenvalue weighted by molar-refractivity contribution is 8.26. The van der Waals surface area contributed by atoms with Crippen LogP contribution in [0.1, 0.15) is 12.5 Å². The summed E-state index contributed by atoms with van der Waals surface area (Å²) in [4.78, 5) is 35.9. The zero-order valence-electron chi connectivity index (χ0n) is 13.9. The lowest BCUT2D eigenvalue weighted by Gasteiger charge is -2.10. The van der Waals surface area contributed by atoms with E-state index >= 15 is 0 Å². The topological polar surface area (TPSA) is 99.0 Å². The van der Waals surface area contributed by atoms with Crippen LogP contribution >= 0.6 is 24.0 Å². The summed E-state index contributed by atoms with van der Waals surface area (Å²) in [6.45, 7) is 4.98. The van der Waals surface area contributed by atoms with Crippen molar-refractivity contribution in [2.75, 3.05) is 13.7 Å². The minimum Gasteiger partial charge on any atom is -0.493 e. The minimum absolute atomic E-state index is 0.00206. The molecule has 0 spiro atoms. The Hall–Kier alpha value is -2.72. The average molecular weight is 394 g/mol. The molecule has 2 rings (SSSR count). The molecule has 1 fully saturated rings. The Morgan fingerprint density at radius 1 is 1.50 bits per heavy atom. The number of thiocarbonyl (C=S) groups is 1. The summed E-state index contributed by atoms with van der Waals surface area (Å²) in [5, 5.41) is 11.3. The fraction of sp³-hybridized carbons (Fsp3) is 0.188. The predicted octanol–water partition coefficient (Wildman–Crippen LogP) is 2.92. The number of esters is 1. The van der Waals surface area contributed by atoms with Crippen molar-refractivity contribution in [3.8, 4) is 11.5 Å². The van der Waals surface area contributed by atoms with Gasteiger partial charge >= 0.3 is 11.7 Å². The third kappa shape index (κ3) is 4.09. The molecule has 1 aliphatic rings. The van der Waals surface area contributed by atoms with E-state index in [1.165, 1.54) is 30.2 Å². The molecule has 1 aromatic carbocycles. The van der Waals surface area contributed by atoms with E-state index in [0.717, 1.165) is 18.7 Å². The maximum Gasteiger partial charge on any atom is 0.316 e. The van der Waals surface area contributed by atoms with Gasteiger partial charge in [-0.3, -0.25) is 24.6 Å². The monoisotopic (exact) mass is 394 g/mol. The molecule has 136 valence electrons. The summed E-state index contributed by atoms with van der Waals surface area (Å²) in [6, 6.07) is 2.63. The number of methoxy groups -OCH3 is 1. The van der Waals surface area contributed by atoms with Crippen molar-refractivity contribution in [2.24, 2.45) is 0 Å². The number of carbonyl (C=O) groups is 2. The highest BCUT2D eigenvalue weighted by Gasteiger charge is 2.31. The van der Waals surface area contributed by atoms with Gasteiger partial charge in [0.1, 0.15) is 4.32 Å². The van der Waals surface area contributed by atoms with Gasteiger partial charge in [0.2, 0.25) is 5.75 Å². The number of nitro benzene ring substituents is 1. The fourth-order valence-electron chi connectivity index (χ4n) is 2.16. The molecule has 10 heteroatoms. The highest BCUT2D eigenvalue weighted by Crippen LogP contribution is 2.40. The number of amides is 1. The normalized spacial score (nSPS) is 15.3. The van der Waals surface area contributed by atoms with Crippen LogP contribution < -0.4 is 9.47 Å². The number of ether oxygens (including phenoxy) is 2. The third-order valence-corrected chi connectivity index (χ3v) is 4.58. The van der Waals surface area contributed by atoms with Crippen molar-refractivity contribution in [1.82, 2.24) is 4.90 Å². The average Bonchev–Trinajstić information content (AvgIpc) is 2.83. The van der Waals surface area contributed by atoms with Crippen molar-refractivity contribution in [2.45, 2.75) is 6.92 Å². The van der Waals surface area contributed by atoms with Crippen molar-refractivity contribution in [3.05, 3.63) is 45.4 Å². The van der Waals surface area contributed by atoms with Crippen molar-refractivity contribution >= 4 is 51.9 Å². The van der Waals surface area contributed by atoms with E-state index in [2.05, 4.69) is 6.58 Å². The lowest BCUT2D eigenvalue weighted by molar-refractivity contribution is -0.385. The van der Waals surface area contributed by atoms with E-state index in [0.29, 0.717) is 14.8 Å². The molecular weight excluding hydrogens is 380 g/mol. The molecule has 8 nitrogen and oxygen atoms in total. The Labute approximate surface area is 158 Å². The van der Waals surface area contributed by atoms with E-state index in [9.17, 15) is 19.7 Å². The number of carbonyl (C=O) groups excluding carboxylic acids is 2. The summed E-state index contributed by atoms with van der Waals surface area (Å²) in [5.74, 6) is -1.32. The smallest absolute Gasteiger partial charge is 0.316 e. The number of rotatable bonds is 6. The molecule has 1 heterocycles. The molecule has 0 radical (unpaired) electrons. The molecule has 0 aromatic heterocycles. The van der Waals surface area contributed by atoms with Crippen LogP contribution in [0.5, 0.6) is 11.5 Å². The van der Waals surface area contributed by atoms with Gasteiger partial charge in [-0.1, -0.05) is 30.1 Å². The van der Waals surface area contributed by atoms with E-state index in [1.807, 2.05) is 0 Å². The summed E-state index contributed by atoms with van der Waals surface area (Å²) in [5.41, 5.74) is -0.115. The second kappa shape index (κ2) is 8.11. The van der Waals surface area contributed by atoms with Crippen LogP contribution in [0.25, 0.3) is 6.08 Å². The summed E-state index contributed by atoms with van der Waals surface area (Å²) in [7, 11) is 1.29. The van der Waals surface area contributed by atoms with E-state index in [4.69, 9.17) is 21.7 Å². The number of thioether (sulfide) groups is 1. The van der Waals surface area contributed by atoms with Crippen molar-refractivity contribution in [3.63, 3.8) is 0 Å². The van der Waals surface area contributed by atoms with Gasteiger partial charge in [0.05, 0.1) is 16.9 Å². The zero-order chi connectivity index (χ0) is 19.4. The third-order valence-electron chi connectivity index (χ3n) is 3.20. The fourth-order valence-corrected chi connectivity index (χ4v) is 3.44. The molecule has 0 aliphatic carbocycles. The van der Waals surface area contributed by atoms with Crippen LogP contribution in [0, 0.1) is 10.1 Å². The Kier molecular flexibility index (Phi) is 6.11. The first kappa shape index (κ1) is 19.6. The molecule has 1 saturated heterocycles. The summed E-state index contributed by atoms with van der Waals surface area (Å²) >= 11 is 6.23. The van der Waals surface area contributed by atoms with Gasteiger partial charge in [0.25, 0.3) is 5.91 Å². The SMILES string of the molecule is C=CCN1C(=O)C(=Cc2cc(OC)c(OC(C)=O)c([N+](=O)[O-])c2)SC1=S. The van der Waals surface area contributed by atoms with Gasteiger partial charge in [-0.25, -0.2) is 0 Å². The number of nitrogens with zero attached hydrogens (tertiary/aromatic N) is 2. The maximum absolute atomic E-state index is 12.4. The molecule has 0 bridgehead atoms. The second-order valence-corrected chi connectivity index (χ2v) is 6.68. The van der Waals surface area contributed by atoms with Gasteiger partial charge in [-0.05, 0) is 17.7 Å². The molecular formula is C16H14N2O6S2. The number of benzene rings is 1. The largest absolute Gasteiger partial charge is 0.493 e. The molecule has 1 aliphatic heterocycles. The number of nitro groups is 1. The Morgan fingerprint density at radius 2 is 2.19 bits per heavy atom. The number of hydrogen-bond acceptors (Lipinski definition) is 8. The van der Waals surface area contributed by atoms with Crippen LogP contribution in [0.4, 0.5) is 5.69 Å². The summed E-state index contributed by atoms with van der Waals surface area (Å²) < 4.78 is 10.4. The van der Waals surface area contributed by atoms with Gasteiger partial charge in [0.15, 0.2) is 5.75 Å². The van der Waals surface area contributed by atoms with E-state index in [1.54, 1.807) is 6.08 Å². The maximum atomic E-state index is 12.4. The van der Waals surface area contributed by atoms with Crippen LogP contribution in [0.2, 0.25) is 0 Å². The van der Waals surface area contributed by atoms with Gasteiger partial charge in [-0.2, -0.15) is 0 Å². The highest BCUT2D eigenvalue weighted by atomic mass is 32.2. The van der Waals surface area contributed by atoms with Crippen LogP contribution in [0.3, 0.4) is 0 Å². The minimum atomic E-state index is -0.718. The van der Waals surface area contributed by atoms with E-state index in [-0.39, 0.29) is 24.0 Å². The molecule has 0 unspecified atom stereocenters. The molecule has 0 atom stereocenters. The van der Waals surface area contributed by atoms with Crippen molar-refractivity contribution < 1.29 is 24.0 Å². The molecule has 0 saturated carbocycles. The van der Waals surface area contributed by atoms with Crippen LogP contribution in [0.15, 0.2) is 29.7 Å². The Balaban J connectivity index is 2.51. The molecule has 0 N–H and O–H groups in total. The molecule has 1 aromatic rings. The molecule has 26 heavy (non-hydrogen) atoms. The quantitative estimate of drug-likeness (QED) is 0.138. The Bertz CT molecular complexity index is 849. The van der Waals surface area contributed by atoms with Gasteiger partial charge < -0.3 is 9.47 Å². The second-order valence-electron chi connectivity index (χ2n) is 5.00. The Morgan fingerprint density at radius 3 is 2.73 bits per heavy atom. The molecule has 1 amide bonds. The lowest BCUT2D eigenvalue weighted by atomic mass is 10.1. The van der Waals surface area contributed by atoms with Crippen LogP contribution in [-0.2, 0) is 9.59 Å².